The summed E-state index contributed by atoms with van der Waals surface area (Å²) in [4.78, 5) is 0. The molecule has 1 aliphatic heterocycles. The van der Waals surface area contributed by atoms with Gasteiger partial charge in [-0.3, -0.25) is 0 Å². The van der Waals surface area contributed by atoms with Crippen LogP contribution in [0.4, 0.5) is 0 Å². The zero-order valence-corrected chi connectivity index (χ0v) is 11.9. The summed E-state index contributed by atoms with van der Waals surface area (Å²) in [6.07, 6.45) is 8.58. The van der Waals surface area contributed by atoms with E-state index in [1.807, 2.05) is 0 Å². The van der Waals surface area contributed by atoms with Crippen molar-refractivity contribution in [3.05, 3.63) is 0 Å². The second kappa shape index (κ2) is 6.36. The highest BCUT2D eigenvalue weighted by molar-refractivity contribution is 4.93. The van der Waals surface area contributed by atoms with Gasteiger partial charge in [-0.1, -0.05) is 19.8 Å². The molecular formula is C15H28O3. The lowest BCUT2D eigenvalue weighted by Crippen LogP contribution is -2.47. The first-order valence-electron chi connectivity index (χ1n) is 7.51. The van der Waals surface area contributed by atoms with E-state index in [0.29, 0.717) is 12.0 Å². The summed E-state index contributed by atoms with van der Waals surface area (Å²) in [6.45, 7) is 3.16. The first-order chi connectivity index (χ1) is 8.66. The van der Waals surface area contributed by atoms with Crippen LogP contribution in [0, 0.1) is 5.92 Å². The summed E-state index contributed by atoms with van der Waals surface area (Å²) in [5, 5.41) is 10.5. The van der Waals surface area contributed by atoms with E-state index in [9.17, 15) is 5.11 Å². The fourth-order valence-corrected chi connectivity index (χ4v) is 3.65. The number of rotatable bonds is 5. The topological polar surface area (TPSA) is 38.7 Å². The van der Waals surface area contributed by atoms with E-state index in [0.717, 1.165) is 38.7 Å². The summed E-state index contributed by atoms with van der Waals surface area (Å²) in [6, 6.07) is 0. The minimum absolute atomic E-state index is 0.295. The van der Waals surface area contributed by atoms with Crippen LogP contribution in [0.5, 0.6) is 0 Å². The van der Waals surface area contributed by atoms with Crippen molar-refractivity contribution in [2.75, 3.05) is 13.7 Å². The Kier molecular flexibility index (Phi) is 5.05. The van der Waals surface area contributed by atoms with Gasteiger partial charge in [-0.15, -0.1) is 0 Å². The summed E-state index contributed by atoms with van der Waals surface area (Å²) in [5.74, 6) is 0.663. The summed E-state index contributed by atoms with van der Waals surface area (Å²) in [5.41, 5.74) is -0.295. The average Bonchev–Trinajstić information content (AvgIpc) is 2.88. The van der Waals surface area contributed by atoms with E-state index in [-0.39, 0.29) is 11.7 Å². The number of ether oxygens (including phenoxy) is 2. The first kappa shape index (κ1) is 14.3. The van der Waals surface area contributed by atoms with Crippen molar-refractivity contribution in [3.8, 4) is 0 Å². The van der Waals surface area contributed by atoms with Gasteiger partial charge in [0.25, 0.3) is 0 Å². The molecule has 4 atom stereocenters. The maximum absolute atomic E-state index is 10.5. The lowest BCUT2D eigenvalue weighted by molar-refractivity contribution is -0.136. The Labute approximate surface area is 111 Å². The van der Waals surface area contributed by atoms with Gasteiger partial charge in [0.1, 0.15) is 0 Å². The standard InChI is InChI=1S/C15H28O3/c1-12-5-3-9-15(11-12,17-2)14(16)8-7-13-6-4-10-18-13/h12-14,16H,3-11H2,1-2H3. The molecule has 18 heavy (non-hydrogen) atoms. The van der Waals surface area contributed by atoms with Crippen molar-refractivity contribution in [2.24, 2.45) is 5.92 Å². The molecule has 106 valence electrons. The van der Waals surface area contributed by atoms with E-state index in [2.05, 4.69) is 6.92 Å². The fraction of sp³-hybridized carbons (Fsp3) is 1.00. The molecule has 1 heterocycles. The van der Waals surface area contributed by atoms with Crippen molar-refractivity contribution in [1.29, 1.82) is 0 Å². The van der Waals surface area contributed by atoms with Gasteiger partial charge in [-0.05, 0) is 44.4 Å². The lowest BCUT2D eigenvalue weighted by atomic mass is 9.74. The smallest absolute Gasteiger partial charge is 0.0938 e. The molecule has 4 unspecified atom stereocenters. The van der Waals surface area contributed by atoms with Gasteiger partial charge in [0.2, 0.25) is 0 Å². The SMILES string of the molecule is COC1(C(O)CCC2CCCO2)CCCC(C)C1. The third kappa shape index (κ3) is 3.25. The molecule has 0 radical (unpaired) electrons. The zero-order valence-electron chi connectivity index (χ0n) is 11.9. The van der Waals surface area contributed by atoms with Crippen molar-refractivity contribution < 1.29 is 14.6 Å². The molecule has 1 aliphatic carbocycles. The van der Waals surface area contributed by atoms with Gasteiger partial charge in [0, 0.05) is 13.7 Å². The van der Waals surface area contributed by atoms with E-state index in [4.69, 9.17) is 9.47 Å². The van der Waals surface area contributed by atoms with Gasteiger partial charge >= 0.3 is 0 Å². The Morgan fingerprint density at radius 3 is 2.83 bits per heavy atom. The van der Waals surface area contributed by atoms with Crippen LogP contribution in [-0.2, 0) is 9.47 Å². The fourth-order valence-electron chi connectivity index (χ4n) is 3.65. The van der Waals surface area contributed by atoms with Crippen LogP contribution in [0.3, 0.4) is 0 Å². The highest BCUT2D eigenvalue weighted by atomic mass is 16.5. The molecule has 0 aromatic carbocycles. The predicted molar refractivity (Wildman–Crippen MR) is 71.6 cm³/mol. The molecule has 0 bridgehead atoms. The van der Waals surface area contributed by atoms with E-state index >= 15 is 0 Å². The molecule has 3 nitrogen and oxygen atoms in total. The predicted octanol–water partition coefficient (Wildman–Crippen LogP) is 2.90. The third-order valence-corrected chi connectivity index (χ3v) is 4.79. The molecule has 3 heteroatoms. The quantitative estimate of drug-likeness (QED) is 0.822. The van der Waals surface area contributed by atoms with Gasteiger partial charge in [0.15, 0.2) is 0 Å². The summed E-state index contributed by atoms with van der Waals surface area (Å²) in [7, 11) is 1.76. The molecule has 2 fully saturated rings. The van der Waals surface area contributed by atoms with Crippen LogP contribution in [0.2, 0.25) is 0 Å². The number of hydrogen-bond acceptors (Lipinski definition) is 3. The maximum atomic E-state index is 10.5. The minimum Gasteiger partial charge on any atom is -0.390 e. The number of hydrogen-bond donors (Lipinski definition) is 1. The molecular weight excluding hydrogens is 228 g/mol. The number of aliphatic hydroxyl groups is 1. The van der Waals surface area contributed by atoms with Crippen molar-refractivity contribution in [3.63, 3.8) is 0 Å². The summed E-state index contributed by atoms with van der Waals surface area (Å²) >= 11 is 0. The van der Waals surface area contributed by atoms with E-state index < -0.39 is 0 Å². The molecule has 0 spiro atoms. The normalized spacial score (nSPS) is 38.8. The lowest BCUT2D eigenvalue weighted by Gasteiger charge is -2.42. The van der Waals surface area contributed by atoms with Gasteiger partial charge in [-0.2, -0.15) is 0 Å². The molecule has 2 aliphatic rings. The second-order valence-electron chi connectivity index (χ2n) is 6.20. The highest BCUT2D eigenvalue weighted by Crippen LogP contribution is 2.38. The Morgan fingerprint density at radius 1 is 1.39 bits per heavy atom. The van der Waals surface area contributed by atoms with Crippen molar-refractivity contribution >= 4 is 0 Å². The molecule has 1 N–H and O–H groups in total. The Balaban J connectivity index is 1.85. The average molecular weight is 256 g/mol. The second-order valence-corrected chi connectivity index (χ2v) is 6.20. The van der Waals surface area contributed by atoms with E-state index in [1.54, 1.807) is 7.11 Å². The molecule has 1 saturated heterocycles. The summed E-state index contributed by atoms with van der Waals surface area (Å²) < 4.78 is 11.4. The molecule has 2 rings (SSSR count). The zero-order chi connectivity index (χ0) is 13.0. The van der Waals surface area contributed by atoms with E-state index in [1.165, 1.54) is 19.3 Å². The first-order valence-corrected chi connectivity index (χ1v) is 7.51. The van der Waals surface area contributed by atoms with Crippen LogP contribution in [0.25, 0.3) is 0 Å². The Morgan fingerprint density at radius 2 is 2.22 bits per heavy atom. The number of aliphatic hydroxyl groups excluding tert-OH is 1. The minimum atomic E-state index is -0.338. The van der Waals surface area contributed by atoms with Gasteiger partial charge < -0.3 is 14.6 Å². The molecule has 0 aromatic rings. The molecule has 0 amide bonds. The highest BCUT2D eigenvalue weighted by Gasteiger charge is 2.41. The van der Waals surface area contributed by atoms with Crippen LogP contribution in [0.1, 0.15) is 58.3 Å². The largest absolute Gasteiger partial charge is 0.390 e. The monoisotopic (exact) mass is 256 g/mol. The van der Waals surface area contributed by atoms with Crippen LogP contribution < -0.4 is 0 Å². The molecule has 0 aromatic heterocycles. The molecule has 1 saturated carbocycles. The van der Waals surface area contributed by atoms with Crippen molar-refractivity contribution in [2.45, 2.75) is 76.1 Å². The van der Waals surface area contributed by atoms with Crippen LogP contribution in [0.15, 0.2) is 0 Å². The van der Waals surface area contributed by atoms with Gasteiger partial charge in [-0.25, -0.2) is 0 Å². The Bertz CT molecular complexity index is 250. The van der Waals surface area contributed by atoms with Crippen LogP contribution >= 0.6 is 0 Å². The number of methoxy groups -OCH3 is 1. The maximum Gasteiger partial charge on any atom is 0.0938 e. The Hall–Kier alpha value is -0.120. The van der Waals surface area contributed by atoms with Crippen molar-refractivity contribution in [1.82, 2.24) is 0 Å². The van der Waals surface area contributed by atoms with Gasteiger partial charge in [0.05, 0.1) is 17.8 Å². The third-order valence-electron chi connectivity index (χ3n) is 4.79. The van der Waals surface area contributed by atoms with Crippen LogP contribution in [-0.4, -0.2) is 36.6 Å².